The van der Waals surface area contributed by atoms with Crippen LogP contribution in [0.2, 0.25) is 0 Å². The Morgan fingerprint density at radius 2 is 1.50 bits per heavy atom. The fourth-order valence-electron chi connectivity index (χ4n) is 2.75. The molecule has 0 aliphatic heterocycles. The van der Waals surface area contributed by atoms with Crippen molar-refractivity contribution in [2.75, 3.05) is 32.2 Å². The van der Waals surface area contributed by atoms with Gasteiger partial charge < -0.3 is 24.8 Å². The first kappa shape index (κ1) is 21.0. The van der Waals surface area contributed by atoms with E-state index in [4.69, 9.17) is 14.2 Å². The molecule has 0 atom stereocenters. The van der Waals surface area contributed by atoms with Gasteiger partial charge in [-0.2, -0.15) is 0 Å². The third-order valence-corrected chi connectivity index (χ3v) is 4.33. The van der Waals surface area contributed by atoms with Gasteiger partial charge in [0.25, 0.3) is 0 Å². The van der Waals surface area contributed by atoms with E-state index in [-0.39, 0.29) is 12.5 Å². The van der Waals surface area contributed by atoms with Crippen LogP contribution in [0.15, 0.2) is 78.9 Å². The molecule has 0 spiro atoms. The molecule has 3 aromatic rings. The van der Waals surface area contributed by atoms with E-state index in [1.807, 2.05) is 78.9 Å². The Labute approximate surface area is 176 Å². The van der Waals surface area contributed by atoms with Crippen molar-refractivity contribution in [3.05, 3.63) is 84.4 Å². The van der Waals surface area contributed by atoms with Gasteiger partial charge in [0.15, 0.2) is 0 Å². The summed E-state index contributed by atoms with van der Waals surface area (Å²) in [6.07, 6.45) is 0. The van der Waals surface area contributed by atoms with E-state index >= 15 is 0 Å². The van der Waals surface area contributed by atoms with Crippen LogP contribution in [0, 0.1) is 0 Å². The van der Waals surface area contributed by atoms with Crippen LogP contribution in [0.1, 0.15) is 5.56 Å². The van der Waals surface area contributed by atoms with Crippen molar-refractivity contribution < 1.29 is 19.0 Å². The molecule has 0 heterocycles. The minimum absolute atomic E-state index is 0.104. The maximum Gasteiger partial charge on any atom is 0.239 e. The van der Waals surface area contributed by atoms with Crippen molar-refractivity contribution in [1.82, 2.24) is 5.32 Å². The summed E-state index contributed by atoms with van der Waals surface area (Å²) < 4.78 is 16.6. The smallest absolute Gasteiger partial charge is 0.239 e. The molecular formula is C24H26N2O4. The Morgan fingerprint density at radius 3 is 2.27 bits per heavy atom. The lowest BCUT2D eigenvalue weighted by Crippen LogP contribution is -2.29. The van der Waals surface area contributed by atoms with E-state index in [0.29, 0.717) is 25.5 Å². The molecule has 0 bridgehead atoms. The van der Waals surface area contributed by atoms with Crippen molar-refractivity contribution in [3.8, 4) is 17.2 Å². The molecule has 0 radical (unpaired) electrons. The standard InChI is InChI=1S/C24H26N2O4/c1-28-20-13-11-19(12-14-20)17-26-24(27)18-25-22-9-5-6-10-23(22)30-16-15-29-21-7-3-2-4-8-21/h2-14,25H,15-18H2,1H3,(H,26,27). The molecule has 0 saturated heterocycles. The Balaban J connectivity index is 1.41. The zero-order chi connectivity index (χ0) is 21.0. The van der Waals surface area contributed by atoms with Crippen molar-refractivity contribution in [2.24, 2.45) is 0 Å². The molecule has 0 aliphatic rings. The zero-order valence-corrected chi connectivity index (χ0v) is 17.0. The lowest BCUT2D eigenvalue weighted by molar-refractivity contribution is -0.119. The number of nitrogens with one attached hydrogen (secondary N) is 2. The quantitative estimate of drug-likeness (QED) is 0.473. The molecule has 6 nitrogen and oxygen atoms in total. The molecule has 6 heteroatoms. The van der Waals surface area contributed by atoms with Crippen LogP contribution in [-0.2, 0) is 11.3 Å². The van der Waals surface area contributed by atoms with Crippen LogP contribution < -0.4 is 24.8 Å². The number of carbonyl (C=O) groups excluding carboxylic acids is 1. The number of hydrogen-bond acceptors (Lipinski definition) is 5. The van der Waals surface area contributed by atoms with Crippen molar-refractivity contribution in [1.29, 1.82) is 0 Å². The number of para-hydroxylation sites is 3. The second kappa shape index (κ2) is 11.4. The molecule has 0 aliphatic carbocycles. The summed E-state index contributed by atoms with van der Waals surface area (Å²) in [4.78, 5) is 12.2. The van der Waals surface area contributed by atoms with Crippen molar-refractivity contribution in [3.63, 3.8) is 0 Å². The maximum atomic E-state index is 12.2. The predicted molar refractivity (Wildman–Crippen MR) is 117 cm³/mol. The van der Waals surface area contributed by atoms with Crippen LogP contribution in [0.5, 0.6) is 17.2 Å². The summed E-state index contributed by atoms with van der Waals surface area (Å²) in [6.45, 7) is 1.44. The lowest BCUT2D eigenvalue weighted by Gasteiger charge is -2.14. The number of ether oxygens (including phenoxy) is 3. The van der Waals surface area contributed by atoms with E-state index in [2.05, 4.69) is 10.6 Å². The molecule has 1 amide bonds. The monoisotopic (exact) mass is 406 g/mol. The highest BCUT2D eigenvalue weighted by Crippen LogP contribution is 2.23. The van der Waals surface area contributed by atoms with Gasteiger partial charge in [0.2, 0.25) is 5.91 Å². The average Bonchev–Trinajstić information content (AvgIpc) is 2.80. The van der Waals surface area contributed by atoms with Crippen LogP contribution in [0.25, 0.3) is 0 Å². The van der Waals surface area contributed by atoms with Crippen molar-refractivity contribution in [2.45, 2.75) is 6.54 Å². The molecule has 0 aromatic heterocycles. The van der Waals surface area contributed by atoms with Gasteiger partial charge in [-0.3, -0.25) is 4.79 Å². The lowest BCUT2D eigenvalue weighted by atomic mass is 10.2. The molecule has 2 N–H and O–H groups in total. The summed E-state index contributed by atoms with van der Waals surface area (Å²) in [5.41, 5.74) is 1.77. The van der Waals surface area contributed by atoms with Crippen molar-refractivity contribution >= 4 is 11.6 Å². The second-order valence-electron chi connectivity index (χ2n) is 6.48. The largest absolute Gasteiger partial charge is 0.497 e. The molecule has 3 rings (SSSR count). The SMILES string of the molecule is COc1ccc(CNC(=O)CNc2ccccc2OCCOc2ccccc2)cc1. The average molecular weight is 406 g/mol. The van der Waals surface area contributed by atoms with Gasteiger partial charge in [0, 0.05) is 6.54 Å². The van der Waals surface area contributed by atoms with E-state index in [9.17, 15) is 4.79 Å². The molecular weight excluding hydrogens is 380 g/mol. The maximum absolute atomic E-state index is 12.2. The highest BCUT2D eigenvalue weighted by Gasteiger charge is 2.06. The van der Waals surface area contributed by atoms with Gasteiger partial charge in [-0.15, -0.1) is 0 Å². The van der Waals surface area contributed by atoms with Crippen LogP contribution in [-0.4, -0.2) is 32.8 Å². The van der Waals surface area contributed by atoms with Crippen LogP contribution >= 0.6 is 0 Å². The summed E-state index contributed by atoms with van der Waals surface area (Å²) >= 11 is 0. The molecule has 0 fully saturated rings. The highest BCUT2D eigenvalue weighted by atomic mass is 16.5. The summed E-state index contributed by atoms with van der Waals surface area (Å²) in [5.74, 6) is 2.17. The van der Waals surface area contributed by atoms with E-state index in [1.165, 1.54) is 0 Å². The highest BCUT2D eigenvalue weighted by molar-refractivity contribution is 5.81. The Hall–Kier alpha value is -3.67. The normalized spacial score (nSPS) is 10.2. The number of methoxy groups -OCH3 is 1. The predicted octanol–water partition coefficient (Wildman–Crippen LogP) is 3.88. The van der Waals surface area contributed by atoms with Gasteiger partial charge >= 0.3 is 0 Å². The summed E-state index contributed by atoms with van der Waals surface area (Å²) in [7, 11) is 1.63. The third kappa shape index (κ3) is 6.74. The first-order valence-corrected chi connectivity index (χ1v) is 9.78. The van der Waals surface area contributed by atoms with Gasteiger partial charge in [-0.25, -0.2) is 0 Å². The number of carbonyl (C=O) groups is 1. The van der Waals surface area contributed by atoms with Gasteiger partial charge in [0.05, 0.1) is 19.3 Å². The molecule has 0 saturated carbocycles. The minimum atomic E-state index is -0.104. The number of hydrogen-bond donors (Lipinski definition) is 2. The van der Waals surface area contributed by atoms with Crippen LogP contribution in [0.3, 0.4) is 0 Å². The fourth-order valence-corrected chi connectivity index (χ4v) is 2.75. The summed E-state index contributed by atoms with van der Waals surface area (Å²) in [6, 6.07) is 24.7. The Morgan fingerprint density at radius 1 is 0.800 bits per heavy atom. The fraction of sp³-hybridized carbons (Fsp3) is 0.208. The first-order chi connectivity index (χ1) is 14.7. The first-order valence-electron chi connectivity index (χ1n) is 9.78. The number of rotatable bonds is 11. The Kier molecular flexibility index (Phi) is 7.97. The zero-order valence-electron chi connectivity index (χ0n) is 17.0. The van der Waals surface area contributed by atoms with Crippen LogP contribution in [0.4, 0.5) is 5.69 Å². The van der Waals surface area contributed by atoms with E-state index in [1.54, 1.807) is 7.11 Å². The molecule has 3 aromatic carbocycles. The number of anilines is 1. The number of amides is 1. The van der Waals surface area contributed by atoms with Gasteiger partial charge in [-0.05, 0) is 42.0 Å². The van der Waals surface area contributed by atoms with Gasteiger partial charge in [0.1, 0.15) is 30.5 Å². The number of benzene rings is 3. The Bertz CT molecular complexity index is 914. The molecule has 156 valence electrons. The second-order valence-corrected chi connectivity index (χ2v) is 6.48. The van der Waals surface area contributed by atoms with E-state index in [0.717, 1.165) is 22.7 Å². The minimum Gasteiger partial charge on any atom is -0.497 e. The van der Waals surface area contributed by atoms with E-state index < -0.39 is 0 Å². The topological polar surface area (TPSA) is 68.8 Å². The molecule has 0 unspecified atom stereocenters. The summed E-state index contributed by atoms with van der Waals surface area (Å²) in [5, 5.41) is 6.02. The van der Waals surface area contributed by atoms with Gasteiger partial charge in [-0.1, -0.05) is 42.5 Å². The third-order valence-electron chi connectivity index (χ3n) is 4.33. The molecule has 30 heavy (non-hydrogen) atoms.